The largest absolute Gasteiger partial charge is 0.378 e. The molecule has 1 amide bonds. The van der Waals surface area contributed by atoms with Gasteiger partial charge >= 0.3 is 0 Å². The van der Waals surface area contributed by atoms with Crippen molar-refractivity contribution in [3.8, 4) is 0 Å². The molecule has 7 nitrogen and oxygen atoms in total. The van der Waals surface area contributed by atoms with Gasteiger partial charge in [0.15, 0.2) is 6.54 Å². The van der Waals surface area contributed by atoms with E-state index in [0.29, 0.717) is 59.0 Å². The molecule has 0 aliphatic carbocycles. The summed E-state index contributed by atoms with van der Waals surface area (Å²) in [5.41, 5.74) is 0. The molecular weight excluding hydrogens is 385 g/mol. The number of piperazine rings is 1. The third-order valence-electron chi connectivity index (χ3n) is 4.72. The summed E-state index contributed by atoms with van der Waals surface area (Å²) in [5.74, 6) is -0.577. The van der Waals surface area contributed by atoms with Crippen LogP contribution in [0.25, 0.3) is 0 Å². The molecule has 2 saturated heterocycles. The highest BCUT2D eigenvalue weighted by molar-refractivity contribution is 7.89. The molecule has 2 aliphatic heterocycles. The zero-order valence-electron chi connectivity index (χ0n) is 14.3. The van der Waals surface area contributed by atoms with E-state index in [1.54, 1.807) is 4.90 Å². The number of sulfonamides is 1. The molecule has 1 N–H and O–H groups in total. The minimum atomic E-state index is -3.72. The van der Waals surface area contributed by atoms with Crippen molar-refractivity contribution in [3.63, 3.8) is 0 Å². The predicted octanol–water partition coefficient (Wildman–Crippen LogP) is -0.773. The van der Waals surface area contributed by atoms with Crippen molar-refractivity contribution in [1.29, 1.82) is 0 Å². The van der Waals surface area contributed by atoms with E-state index in [4.69, 9.17) is 16.3 Å². The van der Waals surface area contributed by atoms with Gasteiger partial charge in [-0.2, -0.15) is 4.31 Å². The number of morpholine rings is 1. The highest BCUT2D eigenvalue weighted by atomic mass is 35.5. The van der Waals surface area contributed by atoms with Crippen LogP contribution in [0.1, 0.15) is 0 Å². The van der Waals surface area contributed by atoms with Gasteiger partial charge in [-0.05, 0) is 18.2 Å². The van der Waals surface area contributed by atoms with E-state index in [-0.39, 0.29) is 15.8 Å². The van der Waals surface area contributed by atoms with E-state index in [1.165, 1.54) is 10.4 Å². The van der Waals surface area contributed by atoms with E-state index in [9.17, 15) is 17.6 Å². The molecule has 0 radical (unpaired) electrons. The summed E-state index contributed by atoms with van der Waals surface area (Å²) in [6.07, 6.45) is 0. The van der Waals surface area contributed by atoms with E-state index in [1.807, 2.05) is 0 Å². The van der Waals surface area contributed by atoms with Gasteiger partial charge in [-0.3, -0.25) is 4.79 Å². The number of benzene rings is 1. The zero-order valence-corrected chi connectivity index (χ0v) is 15.9. The lowest BCUT2D eigenvalue weighted by Gasteiger charge is -2.33. The molecule has 3 rings (SSSR count). The van der Waals surface area contributed by atoms with Gasteiger partial charge in [-0.25, -0.2) is 12.8 Å². The average molecular weight is 407 g/mol. The number of amides is 1. The molecule has 10 heteroatoms. The van der Waals surface area contributed by atoms with Crippen molar-refractivity contribution in [2.45, 2.75) is 4.90 Å². The minimum Gasteiger partial charge on any atom is -0.378 e. The second-order valence-corrected chi connectivity index (χ2v) is 8.75. The van der Waals surface area contributed by atoms with Crippen molar-refractivity contribution >= 4 is 27.5 Å². The first-order valence-electron chi connectivity index (χ1n) is 8.52. The molecule has 2 heterocycles. The smallest absolute Gasteiger partial charge is 0.277 e. The van der Waals surface area contributed by atoms with Crippen LogP contribution in [-0.4, -0.2) is 82.6 Å². The maximum atomic E-state index is 13.3. The number of ether oxygens (including phenoxy) is 1. The molecule has 0 saturated carbocycles. The Morgan fingerprint density at radius 2 is 1.85 bits per heavy atom. The lowest BCUT2D eigenvalue weighted by Crippen LogP contribution is -3.15. The monoisotopic (exact) mass is 406 g/mol. The average Bonchev–Trinajstić information content (AvgIpc) is 2.65. The quantitative estimate of drug-likeness (QED) is 0.712. The summed E-state index contributed by atoms with van der Waals surface area (Å²) in [5, 5.41) is -0.216. The third-order valence-corrected chi connectivity index (χ3v) is 6.91. The number of halogens is 2. The van der Waals surface area contributed by atoms with Crippen molar-refractivity contribution < 1.29 is 27.2 Å². The Kier molecular flexibility index (Phi) is 6.13. The summed E-state index contributed by atoms with van der Waals surface area (Å²) in [4.78, 5) is 15.1. The number of hydrogen-bond acceptors (Lipinski definition) is 4. The van der Waals surface area contributed by atoms with Crippen molar-refractivity contribution in [1.82, 2.24) is 9.21 Å². The van der Waals surface area contributed by atoms with Gasteiger partial charge in [0.25, 0.3) is 5.91 Å². The SMILES string of the molecule is O=C(C[NH+]1CCN(S(=O)(=O)c2ccc(F)c(Cl)c2)CC1)N1CCOCC1. The Bertz CT molecular complexity index is 763. The van der Waals surface area contributed by atoms with Gasteiger partial charge in [0.05, 0.1) is 49.3 Å². The number of hydrogen-bond donors (Lipinski definition) is 1. The highest BCUT2D eigenvalue weighted by Gasteiger charge is 2.32. The summed E-state index contributed by atoms with van der Waals surface area (Å²) in [6, 6.07) is 3.41. The number of nitrogens with one attached hydrogen (secondary N) is 1. The zero-order chi connectivity index (χ0) is 18.7. The van der Waals surface area contributed by atoms with Crippen molar-refractivity contribution in [2.24, 2.45) is 0 Å². The van der Waals surface area contributed by atoms with Gasteiger partial charge in [0, 0.05) is 13.1 Å². The van der Waals surface area contributed by atoms with Gasteiger partial charge < -0.3 is 14.5 Å². The summed E-state index contributed by atoms with van der Waals surface area (Å²) in [7, 11) is -3.72. The fraction of sp³-hybridized carbons (Fsp3) is 0.562. The second-order valence-electron chi connectivity index (χ2n) is 6.40. The Morgan fingerprint density at radius 3 is 2.46 bits per heavy atom. The Labute approximate surface area is 157 Å². The number of rotatable bonds is 4. The lowest BCUT2D eigenvalue weighted by molar-refractivity contribution is -0.896. The molecule has 26 heavy (non-hydrogen) atoms. The molecular formula is C16H22ClFN3O4S+. The Morgan fingerprint density at radius 1 is 1.19 bits per heavy atom. The fourth-order valence-electron chi connectivity index (χ4n) is 3.14. The standard InChI is InChI=1S/C16H21ClFN3O4S/c17-14-11-13(1-2-15(14)18)26(23,24)21-5-3-19(4-6-21)12-16(22)20-7-9-25-10-8-20/h1-2,11H,3-10,12H2/p+1. The highest BCUT2D eigenvalue weighted by Crippen LogP contribution is 2.22. The van der Waals surface area contributed by atoms with Gasteiger partial charge in [0.2, 0.25) is 10.0 Å². The number of carbonyl (C=O) groups is 1. The van der Waals surface area contributed by atoms with Gasteiger partial charge in [-0.1, -0.05) is 11.6 Å². The molecule has 0 unspecified atom stereocenters. The van der Waals surface area contributed by atoms with Crippen LogP contribution in [0.15, 0.2) is 23.1 Å². The minimum absolute atomic E-state index is 0.0169. The topological polar surface area (TPSA) is 71.4 Å². The first kappa shape index (κ1) is 19.5. The number of carbonyl (C=O) groups excluding carboxylic acids is 1. The normalized spacial score (nSPS) is 20.3. The summed E-state index contributed by atoms with van der Waals surface area (Å²) in [6.45, 7) is 4.41. The second kappa shape index (κ2) is 8.18. The van der Waals surface area contributed by atoms with Crippen LogP contribution in [-0.2, 0) is 19.6 Å². The number of quaternary nitrogens is 1. The summed E-state index contributed by atoms with van der Waals surface area (Å²) < 4.78 is 45.2. The van der Waals surface area contributed by atoms with E-state index < -0.39 is 15.8 Å². The molecule has 0 spiro atoms. The van der Waals surface area contributed by atoms with E-state index >= 15 is 0 Å². The molecule has 144 valence electrons. The Balaban J connectivity index is 1.57. The molecule has 2 aliphatic rings. The first-order valence-corrected chi connectivity index (χ1v) is 10.3. The molecule has 1 aromatic rings. The van der Waals surface area contributed by atoms with Crippen LogP contribution in [0.5, 0.6) is 0 Å². The molecule has 1 aromatic carbocycles. The van der Waals surface area contributed by atoms with Crippen molar-refractivity contribution in [2.75, 3.05) is 59.0 Å². The van der Waals surface area contributed by atoms with E-state index in [2.05, 4.69) is 0 Å². The fourth-order valence-corrected chi connectivity index (χ4v) is 4.86. The maximum absolute atomic E-state index is 13.3. The van der Waals surface area contributed by atoms with Crippen LogP contribution >= 0.6 is 11.6 Å². The molecule has 0 bridgehead atoms. The summed E-state index contributed by atoms with van der Waals surface area (Å²) >= 11 is 5.70. The van der Waals surface area contributed by atoms with Crippen LogP contribution < -0.4 is 4.90 Å². The molecule has 0 aromatic heterocycles. The van der Waals surface area contributed by atoms with Crippen LogP contribution in [0.4, 0.5) is 4.39 Å². The third kappa shape index (κ3) is 4.34. The van der Waals surface area contributed by atoms with Gasteiger partial charge in [0.1, 0.15) is 5.82 Å². The molecule has 2 fully saturated rings. The van der Waals surface area contributed by atoms with Crippen LogP contribution in [0.2, 0.25) is 5.02 Å². The van der Waals surface area contributed by atoms with E-state index in [0.717, 1.165) is 17.0 Å². The van der Waals surface area contributed by atoms with Gasteiger partial charge in [-0.15, -0.1) is 0 Å². The Hall–Kier alpha value is -1.26. The lowest BCUT2D eigenvalue weighted by atomic mass is 10.3. The predicted molar refractivity (Wildman–Crippen MR) is 93.1 cm³/mol. The van der Waals surface area contributed by atoms with Crippen LogP contribution in [0, 0.1) is 5.82 Å². The van der Waals surface area contributed by atoms with Crippen molar-refractivity contribution in [3.05, 3.63) is 29.0 Å². The first-order chi connectivity index (χ1) is 12.4. The maximum Gasteiger partial charge on any atom is 0.277 e. The molecule has 0 atom stereocenters. The number of nitrogens with zero attached hydrogens (tertiary/aromatic N) is 2. The van der Waals surface area contributed by atoms with Crippen LogP contribution in [0.3, 0.4) is 0 Å².